The summed E-state index contributed by atoms with van der Waals surface area (Å²) in [6.45, 7) is 7.08. The van der Waals surface area contributed by atoms with Gasteiger partial charge in [-0.25, -0.2) is 0 Å². The Bertz CT molecular complexity index is 422. The van der Waals surface area contributed by atoms with Crippen LogP contribution in [0.2, 0.25) is 0 Å². The number of carbonyl (C=O) groups is 1. The summed E-state index contributed by atoms with van der Waals surface area (Å²) >= 11 is 0. The Kier molecular flexibility index (Phi) is 5.41. The molecule has 1 aliphatic heterocycles. The number of benzene rings is 1. The van der Waals surface area contributed by atoms with Crippen LogP contribution in [0.1, 0.15) is 26.7 Å². The third-order valence-electron chi connectivity index (χ3n) is 3.73. The zero-order valence-electron chi connectivity index (χ0n) is 12.4. The fourth-order valence-electron chi connectivity index (χ4n) is 2.31. The Hall–Kier alpha value is -1.55. The first-order valence-corrected chi connectivity index (χ1v) is 7.50. The van der Waals surface area contributed by atoms with Crippen molar-refractivity contribution < 1.29 is 4.79 Å². The van der Waals surface area contributed by atoms with Crippen molar-refractivity contribution in [3.63, 3.8) is 0 Å². The Morgan fingerprint density at radius 3 is 2.40 bits per heavy atom. The number of piperidine rings is 1. The van der Waals surface area contributed by atoms with Gasteiger partial charge in [0.15, 0.2) is 0 Å². The molecular formula is C16H25N3O. The van der Waals surface area contributed by atoms with Gasteiger partial charge in [-0.1, -0.05) is 13.8 Å². The minimum Gasteiger partial charge on any atom is -0.385 e. The number of hydrogen-bond donors (Lipinski definition) is 3. The molecule has 0 aliphatic carbocycles. The molecule has 1 aliphatic rings. The largest absolute Gasteiger partial charge is 0.385 e. The van der Waals surface area contributed by atoms with E-state index in [1.165, 1.54) is 12.8 Å². The van der Waals surface area contributed by atoms with Crippen LogP contribution in [-0.4, -0.2) is 25.5 Å². The van der Waals surface area contributed by atoms with Crippen LogP contribution in [0.5, 0.6) is 0 Å². The van der Waals surface area contributed by atoms with Crippen LogP contribution in [0.15, 0.2) is 24.3 Å². The first-order chi connectivity index (χ1) is 9.65. The Labute approximate surface area is 121 Å². The van der Waals surface area contributed by atoms with Gasteiger partial charge in [-0.2, -0.15) is 0 Å². The minimum atomic E-state index is 0.00714. The third-order valence-corrected chi connectivity index (χ3v) is 3.73. The molecule has 20 heavy (non-hydrogen) atoms. The van der Waals surface area contributed by atoms with Gasteiger partial charge in [0, 0.05) is 23.8 Å². The van der Waals surface area contributed by atoms with E-state index in [9.17, 15) is 4.79 Å². The highest BCUT2D eigenvalue weighted by Crippen LogP contribution is 2.17. The molecule has 4 heteroatoms. The van der Waals surface area contributed by atoms with Crippen LogP contribution in [-0.2, 0) is 4.79 Å². The summed E-state index contributed by atoms with van der Waals surface area (Å²) in [6, 6.07) is 7.95. The summed E-state index contributed by atoms with van der Waals surface area (Å²) in [5.41, 5.74) is 1.97. The van der Waals surface area contributed by atoms with E-state index in [4.69, 9.17) is 0 Å². The summed E-state index contributed by atoms with van der Waals surface area (Å²) < 4.78 is 0. The second-order valence-corrected chi connectivity index (χ2v) is 5.80. The smallest absolute Gasteiger partial charge is 0.226 e. The SMILES string of the molecule is CC(C)C(=O)Nc1ccc(NCC2CCNCC2)cc1. The molecule has 0 unspecified atom stereocenters. The number of hydrogen-bond acceptors (Lipinski definition) is 3. The van der Waals surface area contributed by atoms with Gasteiger partial charge in [-0.05, 0) is 56.1 Å². The van der Waals surface area contributed by atoms with Crippen molar-refractivity contribution in [2.45, 2.75) is 26.7 Å². The molecule has 4 nitrogen and oxygen atoms in total. The van der Waals surface area contributed by atoms with Gasteiger partial charge >= 0.3 is 0 Å². The summed E-state index contributed by atoms with van der Waals surface area (Å²) in [5, 5.41) is 9.76. The summed E-state index contributed by atoms with van der Waals surface area (Å²) in [7, 11) is 0. The molecule has 1 amide bonds. The predicted molar refractivity (Wildman–Crippen MR) is 84.0 cm³/mol. The van der Waals surface area contributed by atoms with Crippen LogP contribution < -0.4 is 16.0 Å². The average Bonchev–Trinajstić information content (AvgIpc) is 2.47. The van der Waals surface area contributed by atoms with Crippen molar-refractivity contribution >= 4 is 17.3 Å². The number of rotatable bonds is 5. The van der Waals surface area contributed by atoms with Crippen molar-refractivity contribution in [3.8, 4) is 0 Å². The molecule has 0 atom stereocenters. The minimum absolute atomic E-state index is 0.00714. The summed E-state index contributed by atoms with van der Waals surface area (Å²) in [6.07, 6.45) is 2.49. The van der Waals surface area contributed by atoms with Crippen LogP contribution in [0.4, 0.5) is 11.4 Å². The Morgan fingerprint density at radius 2 is 1.80 bits per heavy atom. The molecule has 1 heterocycles. The molecular weight excluding hydrogens is 250 g/mol. The van der Waals surface area contributed by atoms with Gasteiger partial charge in [-0.3, -0.25) is 4.79 Å². The molecule has 0 spiro atoms. The van der Waals surface area contributed by atoms with Crippen LogP contribution >= 0.6 is 0 Å². The molecule has 1 fully saturated rings. The second-order valence-electron chi connectivity index (χ2n) is 5.80. The highest BCUT2D eigenvalue weighted by molar-refractivity contribution is 5.92. The summed E-state index contributed by atoms with van der Waals surface area (Å²) in [4.78, 5) is 11.6. The highest BCUT2D eigenvalue weighted by Gasteiger charge is 2.12. The quantitative estimate of drug-likeness (QED) is 0.774. The molecule has 0 radical (unpaired) electrons. The Morgan fingerprint density at radius 1 is 1.20 bits per heavy atom. The fourth-order valence-corrected chi connectivity index (χ4v) is 2.31. The lowest BCUT2D eigenvalue weighted by Crippen LogP contribution is -2.31. The summed E-state index contributed by atoms with van der Waals surface area (Å²) in [5.74, 6) is 0.824. The molecule has 0 bridgehead atoms. The number of amides is 1. The molecule has 1 aromatic carbocycles. The molecule has 0 aromatic heterocycles. The number of anilines is 2. The van der Waals surface area contributed by atoms with Gasteiger partial charge in [0.2, 0.25) is 5.91 Å². The Balaban J connectivity index is 1.80. The van der Waals surface area contributed by atoms with Crippen molar-refractivity contribution in [3.05, 3.63) is 24.3 Å². The fraction of sp³-hybridized carbons (Fsp3) is 0.562. The molecule has 1 saturated heterocycles. The van der Waals surface area contributed by atoms with Crippen LogP contribution in [0.3, 0.4) is 0 Å². The topological polar surface area (TPSA) is 53.2 Å². The van der Waals surface area contributed by atoms with E-state index < -0.39 is 0 Å². The molecule has 1 aromatic rings. The maximum absolute atomic E-state index is 11.6. The van der Waals surface area contributed by atoms with Gasteiger partial charge in [0.25, 0.3) is 0 Å². The lowest BCUT2D eigenvalue weighted by Gasteiger charge is -2.23. The lowest BCUT2D eigenvalue weighted by molar-refractivity contribution is -0.118. The van der Waals surface area contributed by atoms with E-state index in [1.807, 2.05) is 38.1 Å². The first kappa shape index (κ1) is 14.9. The lowest BCUT2D eigenvalue weighted by atomic mass is 9.98. The van der Waals surface area contributed by atoms with E-state index in [-0.39, 0.29) is 11.8 Å². The number of carbonyl (C=O) groups excluding carboxylic acids is 1. The standard InChI is InChI=1S/C16H25N3O/c1-12(2)16(20)19-15-5-3-14(4-6-15)18-11-13-7-9-17-10-8-13/h3-6,12-13,17-18H,7-11H2,1-2H3,(H,19,20). The van der Waals surface area contributed by atoms with E-state index in [1.54, 1.807) is 0 Å². The van der Waals surface area contributed by atoms with Crippen molar-refractivity contribution in [2.24, 2.45) is 11.8 Å². The van der Waals surface area contributed by atoms with Crippen molar-refractivity contribution in [1.82, 2.24) is 5.32 Å². The van der Waals surface area contributed by atoms with E-state index in [2.05, 4.69) is 16.0 Å². The zero-order chi connectivity index (χ0) is 14.4. The van der Waals surface area contributed by atoms with Crippen LogP contribution in [0, 0.1) is 11.8 Å². The van der Waals surface area contributed by atoms with Crippen molar-refractivity contribution in [2.75, 3.05) is 30.3 Å². The molecule has 0 saturated carbocycles. The molecule has 110 valence electrons. The van der Waals surface area contributed by atoms with E-state index in [0.717, 1.165) is 36.9 Å². The first-order valence-electron chi connectivity index (χ1n) is 7.50. The molecule has 2 rings (SSSR count). The van der Waals surface area contributed by atoms with Crippen LogP contribution in [0.25, 0.3) is 0 Å². The zero-order valence-corrected chi connectivity index (χ0v) is 12.4. The normalized spacial score (nSPS) is 16.1. The van der Waals surface area contributed by atoms with E-state index in [0.29, 0.717) is 0 Å². The highest BCUT2D eigenvalue weighted by atomic mass is 16.1. The van der Waals surface area contributed by atoms with Gasteiger partial charge in [-0.15, -0.1) is 0 Å². The van der Waals surface area contributed by atoms with E-state index >= 15 is 0 Å². The van der Waals surface area contributed by atoms with Gasteiger partial charge in [0.05, 0.1) is 0 Å². The third kappa shape index (κ3) is 4.53. The average molecular weight is 275 g/mol. The maximum atomic E-state index is 11.6. The monoisotopic (exact) mass is 275 g/mol. The maximum Gasteiger partial charge on any atom is 0.226 e. The second kappa shape index (κ2) is 7.29. The van der Waals surface area contributed by atoms with Gasteiger partial charge < -0.3 is 16.0 Å². The number of nitrogens with one attached hydrogen (secondary N) is 3. The van der Waals surface area contributed by atoms with Gasteiger partial charge in [0.1, 0.15) is 0 Å². The molecule has 3 N–H and O–H groups in total. The predicted octanol–water partition coefficient (Wildman–Crippen LogP) is 2.69. The van der Waals surface area contributed by atoms with Crippen molar-refractivity contribution in [1.29, 1.82) is 0 Å².